The highest BCUT2D eigenvalue weighted by atomic mass is 16.1. The van der Waals surface area contributed by atoms with Gasteiger partial charge >= 0.3 is 0 Å². The second kappa shape index (κ2) is 11.1. The molecule has 1 aliphatic rings. The van der Waals surface area contributed by atoms with Crippen LogP contribution in [0.5, 0.6) is 0 Å². The molecule has 0 fully saturated rings. The first kappa shape index (κ1) is 20.6. The molecule has 2 rings (SSSR count). The number of allylic oxidation sites excluding steroid dienone is 2. The van der Waals surface area contributed by atoms with Gasteiger partial charge < -0.3 is 0 Å². The van der Waals surface area contributed by atoms with E-state index in [1.165, 1.54) is 38.5 Å². The second-order valence-corrected chi connectivity index (χ2v) is 7.49. The van der Waals surface area contributed by atoms with E-state index in [0.29, 0.717) is 11.1 Å². The van der Waals surface area contributed by atoms with Crippen molar-refractivity contribution in [2.24, 2.45) is 0 Å². The van der Waals surface area contributed by atoms with Crippen LogP contribution in [-0.4, -0.2) is 11.6 Å². The number of Topliss-reactive ketones (excluding diaryl/α,β-unsaturated/α-hetero) is 2. The summed E-state index contributed by atoms with van der Waals surface area (Å²) in [7, 11) is 0. The Labute approximate surface area is 159 Å². The second-order valence-electron chi connectivity index (χ2n) is 7.49. The summed E-state index contributed by atoms with van der Waals surface area (Å²) >= 11 is 0. The van der Waals surface area contributed by atoms with Crippen LogP contribution < -0.4 is 0 Å². The van der Waals surface area contributed by atoms with Gasteiger partial charge in [-0.3, -0.25) is 9.59 Å². The van der Waals surface area contributed by atoms with Gasteiger partial charge in [-0.1, -0.05) is 89.5 Å². The minimum absolute atomic E-state index is 0.0965. The summed E-state index contributed by atoms with van der Waals surface area (Å²) in [5.41, 5.74) is 2.83. The van der Waals surface area contributed by atoms with E-state index in [1.54, 1.807) is 0 Å². The summed E-state index contributed by atoms with van der Waals surface area (Å²) in [6.07, 6.45) is 13.2. The summed E-state index contributed by atoms with van der Waals surface area (Å²) in [6, 6.07) is 7.34. The molecule has 2 nitrogen and oxygen atoms in total. The Kier molecular flexibility index (Phi) is 8.80. The SMILES string of the molecule is CCCCCCCC1=C(CCCCCCC)C(=O)c2ccccc2C1=O. The molecule has 0 atom stereocenters. The molecule has 0 spiro atoms. The molecule has 0 aromatic heterocycles. The first-order chi connectivity index (χ1) is 12.7. The van der Waals surface area contributed by atoms with E-state index in [4.69, 9.17) is 0 Å². The van der Waals surface area contributed by atoms with Crippen LogP contribution in [0, 0.1) is 0 Å². The van der Waals surface area contributed by atoms with E-state index in [0.717, 1.165) is 49.7 Å². The molecule has 0 bridgehead atoms. The van der Waals surface area contributed by atoms with Crippen LogP contribution in [0.3, 0.4) is 0 Å². The van der Waals surface area contributed by atoms with Crippen molar-refractivity contribution < 1.29 is 9.59 Å². The lowest BCUT2D eigenvalue weighted by molar-refractivity contribution is 0.0968. The molecule has 0 aliphatic heterocycles. The van der Waals surface area contributed by atoms with Crippen LogP contribution in [0.25, 0.3) is 0 Å². The first-order valence-corrected chi connectivity index (χ1v) is 10.6. The maximum Gasteiger partial charge on any atom is 0.190 e. The summed E-state index contributed by atoms with van der Waals surface area (Å²) in [5.74, 6) is 0.193. The summed E-state index contributed by atoms with van der Waals surface area (Å²) in [4.78, 5) is 26.0. The molecule has 0 saturated heterocycles. The van der Waals surface area contributed by atoms with Crippen LogP contribution in [0.2, 0.25) is 0 Å². The Morgan fingerprint density at radius 1 is 0.577 bits per heavy atom. The average molecular weight is 355 g/mol. The van der Waals surface area contributed by atoms with Crippen LogP contribution in [0.1, 0.15) is 112 Å². The van der Waals surface area contributed by atoms with Crippen LogP contribution in [0.15, 0.2) is 35.4 Å². The molecule has 2 heteroatoms. The van der Waals surface area contributed by atoms with Gasteiger partial charge in [0.25, 0.3) is 0 Å². The van der Waals surface area contributed by atoms with E-state index in [-0.39, 0.29) is 11.6 Å². The third-order valence-corrected chi connectivity index (χ3v) is 5.39. The largest absolute Gasteiger partial charge is 0.289 e. The van der Waals surface area contributed by atoms with Gasteiger partial charge in [0.2, 0.25) is 0 Å². The Morgan fingerprint density at radius 3 is 1.35 bits per heavy atom. The zero-order valence-electron chi connectivity index (χ0n) is 16.6. The molecule has 0 saturated carbocycles. The van der Waals surface area contributed by atoms with Crippen LogP contribution in [0.4, 0.5) is 0 Å². The Hall–Kier alpha value is -1.70. The minimum Gasteiger partial charge on any atom is -0.289 e. The molecule has 26 heavy (non-hydrogen) atoms. The molecule has 0 radical (unpaired) electrons. The third-order valence-electron chi connectivity index (χ3n) is 5.39. The van der Waals surface area contributed by atoms with Gasteiger partial charge in [-0.2, -0.15) is 0 Å². The molecule has 1 aliphatic carbocycles. The molecule has 0 amide bonds. The Morgan fingerprint density at radius 2 is 0.962 bits per heavy atom. The molecule has 142 valence electrons. The number of benzene rings is 1. The van der Waals surface area contributed by atoms with E-state index >= 15 is 0 Å². The zero-order valence-corrected chi connectivity index (χ0v) is 16.6. The van der Waals surface area contributed by atoms with Crippen LogP contribution in [-0.2, 0) is 0 Å². The molecule has 0 unspecified atom stereocenters. The minimum atomic E-state index is 0.0965. The van der Waals surface area contributed by atoms with E-state index < -0.39 is 0 Å². The van der Waals surface area contributed by atoms with Crippen molar-refractivity contribution in [1.29, 1.82) is 0 Å². The molecule has 0 N–H and O–H groups in total. The van der Waals surface area contributed by atoms with Crippen molar-refractivity contribution in [3.05, 3.63) is 46.5 Å². The van der Waals surface area contributed by atoms with E-state index in [2.05, 4.69) is 13.8 Å². The standard InChI is InChI=1S/C24H34O2/c1-3-5-7-9-11-15-19-20(16-12-10-8-6-4-2)24(26)22-18-14-13-17-21(22)23(19)25/h13-14,17-18H,3-12,15-16H2,1-2H3. The lowest BCUT2D eigenvalue weighted by Gasteiger charge is -2.21. The quantitative estimate of drug-likeness (QED) is 0.376. The van der Waals surface area contributed by atoms with Crippen molar-refractivity contribution >= 4 is 11.6 Å². The van der Waals surface area contributed by atoms with Gasteiger partial charge in [0.15, 0.2) is 11.6 Å². The maximum absolute atomic E-state index is 13.0. The van der Waals surface area contributed by atoms with Crippen molar-refractivity contribution in [2.45, 2.75) is 90.9 Å². The Balaban J connectivity index is 2.11. The van der Waals surface area contributed by atoms with Gasteiger partial charge in [0.05, 0.1) is 0 Å². The topological polar surface area (TPSA) is 34.1 Å². The predicted octanol–water partition coefficient (Wildman–Crippen LogP) is 7.08. The number of unbranched alkanes of at least 4 members (excludes halogenated alkanes) is 8. The van der Waals surface area contributed by atoms with Gasteiger partial charge in [-0.25, -0.2) is 0 Å². The Bertz CT molecular complexity index is 584. The van der Waals surface area contributed by atoms with Gasteiger partial charge in [0, 0.05) is 22.3 Å². The van der Waals surface area contributed by atoms with Crippen LogP contribution >= 0.6 is 0 Å². The lowest BCUT2D eigenvalue weighted by Crippen LogP contribution is -2.22. The summed E-state index contributed by atoms with van der Waals surface area (Å²) in [6.45, 7) is 4.42. The first-order valence-electron chi connectivity index (χ1n) is 10.6. The van der Waals surface area contributed by atoms with E-state index in [9.17, 15) is 9.59 Å². The highest BCUT2D eigenvalue weighted by Crippen LogP contribution is 2.32. The number of ketones is 2. The molecule has 1 aromatic rings. The third kappa shape index (κ3) is 5.40. The molecular weight excluding hydrogens is 320 g/mol. The van der Waals surface area contributed by atoms with Gasteiger partial charge in [-0.15, -0.1) is 0 Å². The number of carbonyl (C=O) groups is 2. The maximum atomic E-state index is 13.0. The van der Waals surface area contributed by atoms with Gasteiger partial charge in [-0.05, 0) is 25.7 Å². The van der Waals surface area contributed by atoms with Crippen molar-refractivity contribution in [1.82, 2.24) is 0 Å². The molecular formula is C24H34O2. The fourth-order valence-electron chi connectivity index (χ4n) is 3.82. The molecule has 1 aromatic carbocycles. The monoisotopic (exact) mass is 354 g/mol. The average Bonchev–Trinajstić information content (AvgIpc) is 2.66. The molecule has 0 heterocycles. The van der Waals surface area contributed by atoms with Gasteiger partial charge in [0.1, 0.15) is 0 Å². The number of hydrogen-bond acceptors (Lipinski definition) is 2. The number of hydrogen-bond donors (Lipinski definition) is 0. The summed E-state index contributed by atoms with van der Waals surface area (Å²) in [5, 5.41) is 0. The number of fused-ring (bicyclic) bond motifs is 1. The smallest absolute Gasteiger partial charge is 0.190 e. The fraction of sp³-hybridized carbons (Fsp3) is 0.583. The van der Waals surface area contributed by atoms with Crippen molar-refractivity contribution in [3.8, 4) is 0 Å². The fourth-order valence-corrected chi connectivity index (χ4v) is 3.82. The van der Waals surface area contributed by atoms with Crippen molar-refractivity contribution in [3.63, 3.8) is 0 Å². The normalized spacial score (nSPS) is 14.1. The number of carbonyl (C=O) groups excluding carboxylic acids is 2. The predicted molar refractivity (Wildman–Crippen MR) is 109 cm³/mol. The highest BCUT2D eigenvalue weighted by molar-refractivity contribution is 6.26. The summed E-state index contributed by atoms with van der Waals surface area (Å²) < 4.78 is 0. The van der Waals surface area contributed by atoms with Crippen molar-refractivity contribution in [2.75, 3.05) is 0 Å². The zero-order chi connectivity index (χ0) is 18.8. The lowest BCUT2D eigenvalue weighted by atomic mass is 9.80. The highest BCUT2D eigenvalue weighted by Gasteiger charge is 2.30. The number of rotatable bonds is 12. The van der Waals surface area contributed by atoms with E-state index in [1.807, 2.05) is 24.3 Å².